The van der Waals surface area contributed by atoms with Crippen LogP contribution in [0.15, 0.2) is 54.0 Å². The third-order valence-electron chi connectivity index (χ3n) is 8.37. The number of anilines is 2. The van der Waals surface area contributed by atoms with Gasteiger partial charge in [0, 0.05) is 37.4 Å². The topological polar surface area (TPSA) is 104 Å². The number of carbonyl (C=O) groups excluding carboxylic acids is 1. The van der Waals surface area contributed by atoms with Crippen molar-refractivity contribution in [2.24, 2.45) is 0 Å². The molecule has 4 heterocycles. The minimum absolute atomic E-state index is 0.0303. The number of rotatable bonds is 4. The highest BCUT2D eigenvalue weighted by molar-refractivity contribution is 6.05. The quantitative estimate of drug-likeness (QED) is 0.329. The van der Waals surface area contributed by atoms with Crippen LogP contribution in [0.2, 0.25) is 0 Å². The Balaban J connectivity index is 1.72. The summed E-state index contributed by atoms with van der Waals surface area (Å²) in [4.78, 5) is 39.5. The fraction of sp³-hybridized carbons (Fsp3) is 0.312. The van der Waals surface area contributed by atoms with Crippen LogP contribution in [0.4, 0.5) is 20.3 Å². The van der Waals surface area contributed by atoms with Gasteiger partial charge in [-0.2, -0.15) is 4.98 Å². The van der Waals surface area contributed by atoms with Gasteiger partial charge in [0.25, 0.3) is 0 Å². The number of hydrogen-bond acceptors (Lipinski definition) is 7. The molecule has 0 spiro atoms. The number of nitrogens with zero attached hydrogens (tertiary/aromatic N) is 5. The number of phenolic OH excluding ortho intramolecular Hbond substituents is 1. The van der Waals surface area contributed by atoms with Crippen LogP contribution in [0.3, 0.4) is 0 Å². The van der Waals surface area contributed by atoms with E-state index >= 15 is 8.78 Å². The molecular formula is C32H32F2N6O3. The van der Waals surface area contributed by atoms with Crippen molar-refractivity contribution >= 4 is 28.3 Å². The minimum atomic E-state index is -0.813. The van der Waals surface area contributed by atoms with Gasteiger partial charge in [-0.1, -0.05) is 26.5 Å². The monoisotopic (exact) mass is 586 g/mol. The number of aromatic nitrogens is 3. The Kier molecular flexibility index (Phi) is 6.90. The Labute approximate surface area is 247 Å². The molecule has 2 unspecified atom stereocenters. The molecule has 2 atom stereocenters. The first kappa shape index (κ1) is 28.3. The number of benzene rings is 2. The molecule has 4 aromatic rings. The van der Waals surface area contributed by atoms with E-state index in [9.17, 15) is 14.7 Å². The number of hydrogen-bond donors (Lipinski definition) is 2. The third-order valence-corrected chi connectivity index (χ3v) is 8.37. The molecule has 2 aromatic carbocycles. The summed E-state index contributed by atoms with van der Waals surface area (Å²) in [7, 11) is 0. The maximum Gasteiger partial charge on any atom is 0.354 e. The van der Waals surface area contributed by atoms with Gasteiger partial charge in [-0.05, 0) is 55.7 Å². The van der Waals surface area contributed by atoms with Crippen LogP contribution in [0, 0.1) is 18.6 Å². The number of carbonyl (C=O) groups is 1. The molecule has 9 nitrogen and oxygen atoms in total. The van der Waals surface area contributed by atoms with Gasteiger partial charge in [0.15, 0.2) is 5.82 Å². The van der Waals surface area contributed by atoms with Crippen molar-refractivity contribution in [2.45, 2.75) is 45.7 Å². The Morgan fingerprint density at radius 1 is 1.23 bits per heavy atom. The molecule has 43 heavy (non-hydrogen) atoms. The van der Waals surface area contributed by atoms with Gasteiger partial charge >= 0.3 is 5.69 Å². The van der Waals surface area contributed by atoms with E-state index in [1.807, 2.05) is 32.6 Å². The third kappa shape index (κ3) is 4.41. The van der Waals surface area contributed by atoms with E-state index in [0.717, 1.165) is 11.6 Å². The fourth-order valence-corrected chi connectivity index (χ4v) is 6.30. The standard InChI is InChI=1S/C32H32F2N6O3/c1-6-24(42)38-15-19-13-36-29-26-22(12-20(27(29)34)25-21(33)8-7-9-23(25)41)40(30-17(4)10-11-35-28(30)16(2)3)32(43)37-31(26)39(19)14-18(38)5/h6-12,16,18-19,36,41H,1,13-15H2,2-5H3. The van der Waals surface area contributed by atoms with E-state index in [1.54, 1.807) is 17.2 Å². The predicted molar refractivity (Wildman–Crippen MR) is 162 cm³/mol. The zero-order valence-electron chi connectivity index (χ0n) is 24.4. The summed E-state index contributed by atoms with van der Waals surface area (Å²) in [6.45, 7) is 12.1. The largest absolute Gasteiger partial charge is 0.507 e. The van der Waals surface area contributed by atoms with Crippen LogP contribution in [-0.2, 0) is 4.79 Å². The average Bonchev–Trinajstić information content (AvgIpc) is 3.12. The Morgan fingerprint density at radius 2 is 2.00 bits per heavy atom. The van der Waals surface area contributed by atoms with E-state index < -0.39 is 23.1 Å². The SMILES string of the molecule is C=CC(=O)N1CC2CNc3c(F)c(-c4c(O)cccc4F)cc4c3c(nc(=O)n4-c3c(C)ccnc3C(C)C)N2CC1C. The maximum atomic E-state index is 16.6. The molecule has 1 fully saturated rings. The molecule has 1 amide bonds. The molecule has 0 radical (unpaired) electrons. The normalized spacial score (nSPS) is 17.9. The summed E-state index contributed by atoms with van der Waals surface area (Å²) in [6.07, 6.45) is 2.93. The number of piperazine rings is 1. The van der Waals surface area contributed by atoms with Crippen molar-refractivity contribution < 1.29 is 18.7 Å². The summed E-state index contributed by atoms with van der Waals surface area (Å²) in [6, 6.07) is 6.35. The molecule has 0 aliphatic carbocycles. The van der Waals surface area contributed by atoms with E-state index in [2.05, 4.69) is 21.9 Å². The summed E-state index contributed by atoms with van der Waals surface area (Å²) in [5.74, 6) is -2.06. The summed E-state index contributed by atoms with van der Waals surface area (Å²) in [5.41, 5.74) is 1.09. The van der Waals surface area contributed by atoms with Crippen molar-refractivity contribution in [2.75, 3.05) is 29.9 Å². The first-order valence-electron chi connectivity index (χ1n) is 14.2. The van der Waals surface area contributed by atoms with Gasteiger partial charge in [-0.25, -0.2) is 13.6 Å². The van der Waals surface area contributed by atoms with Gasteiger partial charge in [0.1, 0.15) is 17.4 Å². The lowest BCUT2D eigenvalue weighted by Gasteiger charge is -2.45. The number of nitrogens with one attached hydrogen (secondary N) is 1. The van der Waals surface area contributed by atoms with Crippen LogP contribution in [0.1, 0.15) is 37.9 Å². The van der Waals surface area contributed by atoms with Crippen molar-refractivity contribution in [3.8, 4) is 22.6 Å². The number of fused-ring (bicyclic) bond motifs is 2. The van der Waals surface area contributed by atoms with Gasteiger partial charge in [-0.3, -0.25) is 14.3 Å². The number of aryl methyl sites for hydroxylation is 1. The zero-order chi connectivity index (χ0) is 30.7. The molecule has 2 aromatic heterocycles. The summed E-state index contributed by atoms with van der Waals surface area (Å²) in [5, 5.41) is 14.2. The lowest BCUT2D eigenvalue weighted by molar-refractivity contribution is -0.128. The highest BCUT2D eigenvalue weighted by atomic mass is 19.1. The second-order valence-corrected chi connectivity index (χ2v) is 11.4. The van der Waals surface area contributed by atoms with Crippen LogP contribution in [-0.4, -0.2) is 62.2 Å². The molecule has 2 N–H and O–H groups in total. The van der Waals surface area contributed by atoms with Gasteiger partial charge < -0.3 is 20.2 Å². The summed E-state index contributed by atoms with van der Waals surface area (Å²) < 4.78 is 33.2. The van der Waals surface area contributed by atoms with Gasteiger partial charge in [0.2, 0.25) is 5.91 Å². The van der Waals surface area contributed by atoms with Crippen molar-refractivity contribution in [1.29, 1.82) is 0 Å². The summed E-state index contributed by atoms with van der Waals surface area (Å²) >= 11 is 0. The zero-order valence-corrected chi connectivity index (χ0v) is 24.4. The van der Waals surface area contributed by atoms with Crippen LogP contribution in [0.5, 0.6) is 5.75 Å². The first-order valence-corrected chi connectivity index (χ1v) is 14.2. The van der Waals surface area contributed by atoms with Gasteiger partial charge in [0.05, 0.1) is 39.6 Å². The maximum absolute atomic E-state index is 16.6. The van der Waals surface area contributed by atoms with E-state index in [-0.39, 0.29) is 58.6 Å². The van der Waals surface area contributed by atoms with Gasteiger partial charge in [-0.15, -0.1) is 0 Å². The lowest BCUT2D eigenvalue weighted by atomic mass is 9.98. The molecule has 2 aliphatic heterocycles. The smallest absolute Gasteiger partial charge is 0.354 e. The highest BCUT2D eigenvalue weighted by Gasteiger charge is 2.39. The Bertz CT molecular complexity index is 1850. The average molecular weight is 587 g/mol. The molecule has 222 valence electrons. The molecular weight excluding hydrogens is 554 g/mol. The predicted octanol–water partition coefficient (Wildman–Crippen LogP) is 4.88. The van der Waals surface area contributed by atoms with Crippen molar-refractivity contribution in [3.63, 3.8) is 0 Å². The fourth-order valence-electron chi connectivity index (χ4n) is 6.30. The van der Waals surface area contributed by atoms with Crippen molar-refractivity contribution in [3.05, 3.63) is 82.6 Å². The van der Waals surface area contributed by atoms with E-state index in [1.165, 1.54) is 28.8 Å². The number of pyridine rings is 1. The molecule has 0 saturated carbocycles. The molecule has 11 heteroatoms. The molecule has 2 aliphatic rings. The van der Waals surface area contributed by atoms with Crippen LogP contribution >= 0.6 is 0 Å². The Morgan fingerprint density at radius 3 is 2.70 bits per heavy atom. The van der Waals surface area contributed by atoms with Crippen LogP contribution < -0.4 is 15.9 Å². The minimum Gasteiger partial charge on any atom is -0.507 e. The first-order chi connectivity index (χ1) is 20.5. The number of aromatic hydroxyl groups is 1. The second-order valence-electron chi connectivity index (χ2n) is 11.4. The molecule has 0 bridgehead atoms. The second kappa shape index (κ2) is 10.5. The van der Waals surface area contributed by atoms with E-state index in [4.69, 9.17) is 0 Å². The highest BCUT2D eigenvalue weighted by Crippen LogP contribution is 2.44. The molecule has 1 saturated heterocycles. The lowest BCUT2D eigenvalue weighted by Crippen LogP contribution is -2.60. The van der Waals surface area contributed by atoms with Crippen molar-refractivity contribution in [1.82, 2.24) is 19.4 Å². The number of amides is 1. The molecule has 6 rings (SSSR count). The van der Waals surface area contributed by atoms with Crippen LogP contribution in [0.25, 0.3) is 27.7 Å². The number of phenols is 1. The van der Waals surface area contributed by atoms with E-state index in [0.29, 0.717) is 29.9 Å². The number of halogens is 2. The Hall–Kier alpha value is -4.80.